The zero-order valence-corrected chi connectivity index (χ0v) is 13.1. The Bertz CT molecular complexity index is 793. The summed E-state index contributed by atoms with van der Waals surface area (Å²) in [7, 11) is -3.61. The number of anilines is 1. The molecule has 1 aliphatic rings. The minimum atomic E-state index is -3.61. The highest BCUT2D eigenvalue weighted by molar-refractivity contribution is 7.92. The second-order valence-corrected chi connectivity index (χ2v) is 7.25. The maximum absolute atomic E-state index is 12.9. The monoisotopic (exact) mass is 341 g/mol. The number of benzene rings is 2. The van der Waals surface area contributed by atoms with Gasteiger partial charge in [-0.05, 0) is 35.9 Å². The van der Waals surface area contributed by atoms with Crippen molar-refractivity contribution in [1.29, 1.82) is 0 Å². The van der Waals surface area contributed by atoms with Gasteiger partial charge in [0, 0.05) is 5.02 Å². The van der Waals surface area contributed by atoms with E-state index < -0.39 is 15.8 Å². The van der Waals surface area contributed by atoms with Gasteiger partial charge in [-0.15, -0.1) is 0 Å². The molecule has 3 rings (SSSR count). The minimum Gasteiger partial charge on any atom is -0.489 e. The van der Waals surface area contributed by atoms with E-state index in [1.54, 1.807) is 18.2 Å². The van der Waals surface area contributed by atoms with Crippen molar-refractivity contribution in [2.75, 3.05) is 17.5 Å². The van der Waals surface area contributed by atoms with Gasteiger partial charge >= 0.3 is 0 Å². The topological polar surface area (TPSA) is 46.6 Å². The van der Waals surface area contributed by atoms with Gasteiger partial charge in [-0.1, -0.05) is 23.7 Å². The van der Waals surface area contributed by atoms with Crippen LogP contribution < -0.4 is 9.04 Å². The average molecular weight is 342 g/mol. The van der Waals surface area contributed by atoms with Crippen LogP contribution in [0.2, 0.25) is 5.02 Å². The van der Waals surface area contributed by atoms with E-state index >= 15 is 0 Å². The zero-order chi connectivity index (χ0) is 15.7. The van der Waals surface area contributed by atoms with Crippen LogP contribution in [0.1, 0.15) is 5.56 Å². The van der Waals surface area contributed by atoms with Gasteiger partial charge in [0.1, 0.15) is 18.2 Å². The largest absolute Gasteiger partial charge is 0.489 e. The molecule has 2 aromatic rings. The molecule has 22 heavy (non-hydrogen) atoms. The van der Waals surface area contributed by atoms with Crippen LogP contribution in [0.4, 0.5) is 10.1 Å². The summed E-state index contributed by atoms with van der Waals surface area (Å²) in [5.74, 6) is -0.123. The second-order valence-electron chi connectivity index (χ2n) is 4.92. The molecule has 4 nitrogen and oxygen atoms in total. The molecule has 0 atom stereocenters. The smallest absolute Gasteiger partial charge is 0.239 e. The van der Waals surface area contributed by atoms with E-state index in [0.717, 1.165) is 0 Å². The fraction of sp³-hybridized carbons (Fsp3) is 0.200. The lowest BCUT2D eigenvalue weighted by molar-refractivity contribution is 0.316. The van der Waals surface area contributed by atoms with Gasteiger partial charge in [0.15, 0.2) is 0 Å². The summed E-state index contributed by atoms with van der Waals surface area (Å²) in [6.07, 6.45) is 0. The quantitative estimate of drug-likeness (QED) is 0.861. The standard InChI is InChI=1S/C15H13ClFNO3S/c16-12-3-6-15-14(9-12)18(7-8-21-15)22(19,20)10-11-1-4-13(17)5-2-11/h1-6,9H,7-8,10H2. The summed E-state index contributed by atoms with van der Waals surface area (Å²) >= 11 is 5.95. The van der Waals surface area contributed by atoms with Crippen molar-refractivity contribution in [1.82, 2.24) is 0 Å². The normalized spacial score (nSPS) is 14.4. The van der Waals surface area contributed by atoms with E-state index in [1.807, 2.05) is 0 Å². The van der Waals surface area contributed by atoms with E-state index in [-0.39, 0.29) is 18.9 Å². The van der Waals surface area contributed by atoms with Crippen molar-refractivity contribution < 1.29 is 17.5 Å². The molecule has 0 fully saturated rings. The van der Waals surface area contributed by atoms with Gasteiger partial charge in [-0.25, -0.2) is 12.8 Å². The van der Waals surface area contributed by atoms with Crippen molar-refractivity contribution in [3.8, 4) is 5.75 Å². The highest BCUT2D eigenvalue weighted by atomic mass is 35.5. The molecule has 0 N–H and O–H groups in total. The number of hydrogen-bond acceptors (Lipinski definition) is 3. The molecular formula is C15H13ClFNO3S. The maximum Gasteiger partial charge on any atom is 0.239 e. The lowest BCUT2D eigenvalue weighted by Crippen LogP contribution is -2.38. The van der Waals surface area contributed by atoms with Crippen LogP contribution in [-0.2, 0) is 15.8 Å². The fourth-order valence-electron chi connectivity index (χ4n) is 2.32. The van der Waals surface area contributed by atoms with Gasteiger partial charge in [-0.3, -0.25) is 4.31 Å². The molecule has 0 amide bonds. The van der Waals surface area contributed by atoms with Gasteiger partial charge in [0.2, 0.25) is 10.0 Å². The molecule has 0 bridgehead atoms. The zero-order valence-electron chi connectivity index (χ0n) is 11.5. The van der Waals surface area contributed by atoms with Crippen LogP contribution in [-0.4, -0.2) is 21.6 Å². The summed E-state index contributed by atoms with van der Waals surface area (Å²) in [4.78, 5) is 0. The van der Waals surface area contributed by atoms with Crippen molar-refractivity contribution in [3.63, 3.8) is 0 Å². The van der Waals surface area contributed by atoms with Crippen molar-refractivity contribution in [3.05, 3.63) is 58.9 Å². The number of ether oxygens (including phenoxy) is 1. The summed E-state index contributed by atoms with van der Waals surface area (Å²) in [5.41, 5.74) is 0.956. The molecule has 0 saturated carbocycles. The summed E-state index contributed by atoms with van der Waals surface area (Å²) in [5, 5.41) is 0.436. The van der Waals surface area contributed by atoms with Gasteiger partial charge < -0.3 is 4.74 Å². The Hall–Kier alpha value is -1.79. The van der Waals surface area contributed by atoms with E-state index in [2.05, 4.69) is 0 Å². The first-order valence-corrected chi connectivity index (χ1v) is 8.62. The van der Waals surface area contributed by atoms with Crippen LogP contribution in [0.3, 0.4) is 0 Å². The van der Waals surface area contributed by atoms with E-state index in [9.17, 15) is 12.8 Å². The van der Waals surface area contributed by atoms with Crippen molar-refractivity contribution in [2.24, 2.45) is 0 Å². The fourth-order valence-corrected chi connectivity index (χ4v) is 4.06. The third-order valence-electron chi connectivity index (χ3n) is 3.34. The van der Waals surface area contributed by atoms with E-state index in [4.69, 9.17) is 16.3 Å². The summed E-state index contributed by atoms with van der Waals surface area (Å²) < 4.78 is 45.0. The molecule has 0 aliphatic carbocycles. The highest BCUT2D eigenvalue weighted by Gasteiger charge is 2.28. The summed E-state index contributed by atoms with van der Waals surface area (Å²) in [6.45, 7) is 0.494. The molecule has 1 heterocycles. The molecule has 0 radical (unpaired) electrons. The van der Waals surface area contributed by atoms with Crippen LogP contribution in [0.5, 0.6) is 5.75 Å². The third-order valence-corrected chi connectivity index (χ3v) is 5.32. The first-order valence-electron chi connectivity index (χ1n) is 6.63. The van der Waals surface area contributed by atoms with Crippen LogP contribution in [0.15, 0.2) is 42.5 Å². The third kappa shape index (κ3) is 3.03. The average Bonchev–Trinajstić information content (AvgIpc) is 2.48. The Morgan fingerprint density at radius 1 is 1.18 bits per heavy atom. The predicted octanol–water partition coefficient (Wildman–Crippen LogP) is 3.21. The molecule has 0 saturated heterocycles. The van der Waals surface area contributed by atoms with Crippen LogP contribution in [0.25, 0.3) is 0 Å². The van der Waals surface area contributed by atoms with E-state index in [0.29, 0.717) is 22.0 Å². The Morgan fingerprint density at radius 3 is 2.64 bits per heavy atom. The number of sulfonamides is 1. The van der Waals surface area contributed by atoms with Gasteiger partial charge in [0.05, 0.1) is 18.0 Å². The summed E-state index contributed by atoms with van der Waals surface area (Å²) in [6, 6.07) is 10.3. The first-order chi connectivity index (χ1) is 10.5. The number of halogens is 2. The Balaban J connectivity index is 1.93. The maximum atomic E-state index is 12.9. The number of nitrogens with zero attached hydrogens (tertiary/aromatic N) is 1. The van der Waals surface area contributed by atoms with E-state index in [1.165, 1.54) is 28.6 Å². The number of rotatable bonds is 3. The number of hydrogen-bond donors (Lipinski definition) is 0. The van der Waals surface area contributed by atoms with Gasteiger partial charge in [0.25, 0.3) is 0 Å². The number of fused-ring (bicyclic) bond motifs is 1. The minimum absolute atomic E-state index is 0.209. The molecular weight excluding hydrogens is 329 g/mol. The second kappa shape index (κ2) is 5.78. The molecule has 0 unspecified atom stereocenters. The molecule has 2 aromatic carbocycles. The molecule has 7 heteroatoms. The highest BCUT2D eigenvalue weighted by Crippen LogP contribution is 2.36. The van der Waals surface area contributed by atoms with Crippen LogP contribution >= 0.6 is 11.6 Å². The first kappa shape index (κ1) is 15.1. The Labute approximate surface area is 133 Å². The predicted molar refractivity (Wildman–Crippen MR) is 83.3 cm³/mol. The SMILES string of the molecule is O=S(=O)(Cc1ccc(F)cc1)N1CCOc2ccc(Cl)cc21. The lowest BCUT2D eigenvalue weighted by Gasteiger charge is -2.30. The lowest BCUT2D eigenvalue weighted by atomic mass is 10.2. The Kier molecular flexibility index (Phi) is 3.97. The van der Waals surface area contributed by atoms with Crippen molar-refractivity contribution in [2.45, 2.75) is 5.75 Å². The van der Waals surface area contributed by atoms with Crippen LogP contribution in [0, 0.1) is 5.82 Å². The Morgan fingerprint density at radius 2 is 1.91 bits per heavy atom. The molecule has 116 valence electrons. The molecule has 1 aliphatic heterocycles. The molecule has 0 spiro atoms. The van der Waals surface area contributed by atoms with Gasteiger partial charge in [-0.2, -0.15) is 0 Å². The van der Waals surface area contributed by atoms with Crippen molar-refractivity contribution >= 4 is 27.3 Å². The molecule has 0 aromatic heterocycles.